The molecule has 0 spiro atoms. The summed E-state index contributed by atoms with van der Waals surface area (Å²) in [6.07, 6.45) is 0.475. The van der Waals surface area contributed by atoms with Crippen LogP contribution in [0.5, 0.6) is 5.75 Å². The van der Waals surface area contributed by atoms with Gasteiger partial charge < -0.3 is 15.0 Å². The summed E-state index contributed by atoms with van der Waals surface area (Å²) in [5.41, 5.74) is 2.86. The van der Waals surface area contributed by atoms with Crippen LogP contribution in [-0.4, -0.2) is 35.9 Å². The molecule has 5 nitrogen and oxygen atoms in total. The molecule has 0 aliphatic carbocycles. The van der Waals surface area contributed by atoms with Gasteiger partial charge in [0.25, 0.3) is 5.91 Å². The van der Waals surface area contributed by atoms with E-state index in [1.54, 1.807) is 18.2 Å². The summed E-state index contributed by atoms with van der Waals surface area (Å²) in [5.74, 6) is 0.175. The number of carbonyl (C=O) groups excluding carboxylic acids is 2. The van der Waals surface area contributed by atoms with E-state index in [1.807, 2.05) is 45.9 Å². The van der Waals surface area contributed by atoms with Gasteiger partial charge in [-0.2, -0.15) is 0 Å². The van der Waals surface area contributed by atoms with Gasteiger partial charge in [-0.25, -0.2) is 0 Å². The molecular formula is C23H28Cl2N2O3. The fourth-order valence-corrected chi connectivity index (χ4v) is 3.55. The van der Waals surface area contributed by atoms with E-state index in [0.717, 1.165) is 16.7 Å². The number of aryl methyl sites for hydroxylation is 2. The van der Waals surface area contributed by atoms with Crippen molar-refractivity contribution >= 4 is 35.0 Å². The largest absolute Gasteiger partial charge is 0.483 e. The first-order valence-corrected chi connectivity index (χ1v) is 10.7. The van der Waals surface area contributed by atoms with Gasteiger partial charge >= 0.3 is 0 Å². The fraction of sp³-hybridized carbons (Fsp3) is 0.391. The van der Waals surface area contributed by atoms with Crippen LogP contribution in [0, 0.1) is 13.8 Å². The van der Waals surface area contributed by atoms with Gasteiger partial charge in [0, 0.05) is 13.1 Å². The van der Waals surface area contributed by atoms with Gasteiger partial charge in [-0.3, -0.25) is 9.59 Å². The molecule has 2 aromatic carbocycles. The van der Waals surface area contributed by atoms with E-state index in [2.05, 4.69) is 5.32 Å². The maximum atomic E-state index is 13.1. The van der Waals surface area contributed by atoms with Crippen LogP contribution in [0.15, 0.2) is 36.4 Å². The second-order valence-corrected chi connectivity index (χ2v) is 7.96. The van der Waals surface area contributed by atoms with E-state index >= 15 is 0 Å². The molecule has 1 unspecified atom stereocenters. The monoisotopic (exact) mass is 450 g/mol. The molecule has 1 N–H and O–H groups in total. The van der Waals surface area contributed by atoms with Crippen molar-refractivity contribution in [2.24, 2.45) is 0 Å². The summed E-state index contributed by atoms with van der Waals surface area (Å²) in [4.78, 5) is 27.3. The summed E-state index contributed by atoms with van der Waals surface area (Å²) in [7, 11) is 0. The molecule has 0 fully saturated rings. The average molecular weight is 451 g/mol. The van der Waals surface area contributed by atoms with Crippen LogP contribution in [0.2, 0.25) is 10.0 Å². The number of rotatable bonds is 9. The molecule has 2 aromatic rings. The van der Waals surface area contributed by atoms with Gasteiger partial charge in [-0.15, -0.1) is 0 Å². The van der Waals surface area contributed by atoms with Crippen molar-refractivity contribution in [2.75, 3.05) is 13.2 Å². The Morgan fingerprint density at radius 2 is 1.80 bits per heavy atom. The Hall–Kier alpha value is -2.24. The summed E-state index contributed by atoms with van der Waals surface area (Å²) in [6, 6.07) is 10.3. The van der Waals surface area contributed by atoms with E-state index in [0.29, 0.717) is 28.8 Å². The highest BCUT2D eigenvalue weighted by atomic mass is 35.5. The molecule has 162 valence electrons. The van der Waals surface area contributed by atoms with Gasteiger partial charge in [0.2, 0.25) is 5.91 Å². The topological polar surface area (TPSA) is 58.6 Å². The molecule has 2 amide bonds. The zero-order valence-electron chi connectivity index (χ0n) is 17.8. The second kappa shape index (κ2) is 11.2. The molecular weight excluding hydrogens is 423 g/mol. The van der Waals surface area contributed by atoms with Crippen molar-refractivity contribution in [3.63, 3.8) is 0 Å². The molecule has 1 atom stereocenters. The first-order chi connectivity index (χ1) is 14.3. The maximum absolute atomic E-state index is 13.1. The number of ether oxygens (including phenoxy) is 1. The zero-order chi connectivity index (χ0) is 22.3. The van der Waals surface area contributed by atoms with Crippen LogP contribution < -0.4 is 10.1 Å². The predicted octanol–water partition coefficient (Wildman–Crippen LogP) is 4.93. The average Bonchev–Trinajstić information content (AvgIpc) is 2.70. The highest BCUT2D eigenvalue weighted by Gasteiger charge is 2.28. The van der Waals surface area contributed by atoms with Gasteiger partial charge in [-0.05, 0) is 56.5 Å². The molecule has 0 aromatic heterocycles. The summed E-state index contributed by atoms with van der Waals surface area (Å²) in [5, 5.41) is 3.65. The Bertz CT molecular complexity index is 902. The lowest BCUT2D eigenvalue weighted by Crippen LogP contribution is -2.50. The summed E-state index contributed by atoms with van der Waals surface area (Å²) in [6.45, 7) is 8.20. The minimum Gasteiger partial charge on any atom is -0.483 e. The zero-order valence-corrected chi connectivity index (χ0v) is 19.3. The molecule has 0 saturated carbocycles. The SMILES string of the molecule is CCNC(=O)C(CC)N(Cc1ccc(Cl)c(Cl)c1)C(=O)COc1ccc(C)cc1C. The lowest BCUT2D eigenvalue weighted by atomic mass is 10.1. The van der Waals surface area contributed by atoms with E-state index in [4.69, 9.17) is 27.9 Å². The van der Waals surface area contributed by atoms with Crippen molar-refractivity contribution in [1.82, 2.24) is 10.2 Å². The summed E-state index contributed by atoms with van der Waals surface area (Å²) >= 11 is 12.1. The number of benzene rings is 2. The third-order valence-corrected chi connectivity index (χ3v) is 5.49. The molecule has 0 bridgehead atoms. The van der Waals surface area contributed by atoms with Crippen molar-refractivity contribution in [2.45, 2.75) is 46.7 Å². The molecule has 7 heteroatoms. The smallest absolute Gasteiger partial charge is 0.261 e. The summed E-state index contributed by atoms with van der Waals surface area (Å²) < 4.78 is 5.78. The maximum Gasteiger partial charge on any atom is 0.261 e. The number of likely N-dealkylation sites (N-methyl/N-ethyl adjacent to an activating group) is 1. The van der Waals surface area contributed by atoms with E-state index < -0.39 is 6.04 Å². The molecule has 0 aliphatic heterocycles. The number of nitrogens with zero attached hydrogens (tertiary/aromatic N) is 1. The number of hydrogen-bond donors (Lipinski definition) is 1. The van der Waals surface area contributed by atoms with Gasteiger partial charge in [-0.1, -0.05) is 53.9 Å². The van der Waals surface area contributed by atoms with Gasteiger partial charge in [0.1, 0.15) is 11.8 Å². The Labute approximate surface area is 188 Å². The van der Waals surface area contributed by atoms with Crippen LogP contribution in [0.4, 0.5) is 0 Å². The number of hydrogen-bond acceptors (Lipinski definition) is 3. The molecule has 2 rings (SSSR count). The van der Waals surface area contributed by atoms with Crippen LogP contribution in [-0.2, 0) is 16.1 Å². The second-order valence-electron chi connectivity index (χ2n) is 7.15. The molecule has 0 saturated heterocycles. The van der Waals surface area contributed by atoms with Crippen molar-refractivity contribution in [1.29, 1.82) is 0 Å². The van der Waals surface area contributed by atoms with Crippen LogP contribution in [0.3, 0.4) is 0 Å². The number of amides is 2. The van der Waals surface area contributed by atoms with Crippen LogP contribution in [0.1, 0.15) is 37.0 Å². The highest BCUT2D eigenvalue weighted by Crippen LogP contribution is 2.24. The minimum absolute atomic E-state index is 0.166. The minimum atomic E-state index is -0.616. The van der Waals surface area contributed by atoms with Crippen molar-refractivity contribution < 1.29 is 14.3 Å². The standard InChI is InChI=1S/C23H28Cl2N2O3/c1-5-20(23(29)26-6-2)27(13-17-8-9-18(24)19(25)12-17)22(28)14-30-21-10-7-15(3)11-16(21)4/h7-12,20H,5-6,13-14H2,1-4H3,(H,26,29). The van der Waals surface area contributed by atoms with E-state index in [9.17, 15) is 9.59 Å². The number of halogens is 2. The van der Waals surface area contributed by atoms with Gasteiger partial charge in [0.05, 0.1) is 10.0 Å². The van der Waals surface area contributed by atoms with Crippen LogP contribution >= 0.6 is 23.2 Å². The molecule has 30 heavy (non-hydrogen) atoms. The van der Waals surface area contributed by atoms with Crippen molar-refractivity contribution in [3.05, 3.63) is 63.1 Å². The Kier molecular flexibility index (Phi) is 9.00. The Morgan fingerprint density at radius 1 is 1.07 bits per heavy atom. The van der Waals surface area contributed by atoms with Gasteiger partial charge in [0.15, 0.2) is 6.61 Å². The Balaban J connectivity index is 2.24. The predicted molar refractivity (Wildman–Crippen MR) is 121 cm³/mol. The first kappa shape index (κ1) is 24.0. The van der Waals surface area contributed by atoms with E-state index in [-0.39, 0.29) is 25.0 Å². The third kappa shape index (κ3) is 6.38. The Morgan fingerprint density at radius 3 is 2.40 bits per heavy atom. The number of carbonyl (C=O) groups is 2. The molecule has 0 radical (unpaired) electrons. The van der Waals surface area contributed by atoms with Crippen LogP contribution in [0.25, 0.3) is 0 Å². The first-order valence-electron chi connectivity index (χ1n) is 9.97. The normalized spacial score (nSPS) is 11.7. The highest BCUT2D eigenvalue weighted by molar-refractivity contribution is 6.42. The lowest BCUT2D eigenvalue weighted by molar-refractivity contribution is -0.142. The van der Waals surface area contributed by atoms with Crippen molar-refractivity contribution in [3.8, 4) is 5.75 Å². The lowest BCUT2D eigenvalue weighted by Gasteiger charge is -2.30. The fourth-order valence-electron chi connectivity index (χ4n) is 3.23. The molecule has 0 heterocycles. The third-order valence-electron chi connectivity index (χ3n) is 4.76. The van der Waals surface area contributed by atoms with E-state index in [1.165, 1.54) is 4.90 Å². The quantitative estimate of drug-likeness (QED) is 0.588. The number of nitrogens with one attached hydrogen (secondary N) is 1. The molecule has 0 aliphatic rings.